The number of hydrogen-bond acceptors (Lipinski definition) is 5. The van der Waals surface area contributed by atoms with Gasteiger partial charge in [-0.2, -0.15) is 0 Å². The van der Waals surface area contributed by atoms with Gasteiger partial charge in [0.15, 0.2) is 5.16 Å². The van der Waals surface area contributed by atoms with Crippen molar-refractivity contribution in [2.75, 3.05) is 5.75 Å². The van der Waals surface area contributed by atoms with Crippen LogP contribution >= 0.6 is 23.1 Å². The van der Waals surface area contributed by atoms with Gasteiger partial charge < -0.3 is 5.32 Å². The third-order valence-corrected chi connectivity index (χ3v) is 7.20. The molecule has 0 fully saturated rings. The van der Waals surface area contributed by atoms with Gasteiger partial charge in [-0.3, -0.25) is 14.2 Å². The Morgan fingerprint density at radius 3 is 2.38 bits per heavy atom. The van der Waals surface area contributed by atoms with Gasteiger partial charge in [0.1, 0.15) is 4.70 Å². The minimum absolute atomic E-state index is 0.0524. The standard InChI is InChI=1S/C25H25N3O2S2/c1-4-28-24(30)23-22(20(14-31-23)19-11-7-17(3)8-12-19)27-25(28)32-15-21(29)26-13-18-9-5-16(2)6-10-18/h5-12,14H,4,13,15H2,1-3H3,(H,26,29). The fourth-order valence-corrected chi connectivity index (χ4v) is 5.24. The molecule has 0 saturated carbocycles. The first-order valence-electron chi connectivity index (χ1n) is 10.5. The zero-order valence-electron chi connectivity index (χ0n) is 18.3. The molecule has 2 heterocycles. The van der Waals surface area contributed by atoms with Crippen LogP contribution in [-0.4, -0.2) is 21.2 Å². The Morgan fingerprint density at radius 2 is 1.72 bits per heavy atom. The van der Waals surface area contributed by atoms with Crippen molar-refractivity contribution in [3.8, 4) is 11.1 Å². The van der Waals surface area contributed by atoms with Crippen LogP contribution < -0.4 is 10.9 Å². The first-order valence-corrected chi connectivity index (χ1v) is 12.4. The molecule has 4 rings (SSSR count). The molecule has 0 unspecified atom stereocenters. The minimum atomic E-state index is -0.0864. The van der Waals surface area contributed by atoms with Crippen LogP contribution in [0.2, 0.25) is 0 Å². The molecule has 0 aliphatic rings. The number of thiophene rings is 1. The summed E-state index contributed by atoms with van der Waals surface area (Å²) in [5, 5.41) is 5.51. The van der Waals surface area contributed by atoms with Crippen LogP contribution in [0.15, 0.2) is 63.9 Å². The van der Waals surface area contributed by atoms with Crippen molar-refractivity contribution in [3.63, 3.8) is 0 Å². The lowest BCUT2D eigenvalue weighted by Gasteiger charge is -2.11. The van der Waals surface area contributed by atoms with Crippen molar-refractivity contribution in [2.24, 2.45) is 0 Å². The van der Waals surface area contributed by atoms with Crippen LogP contribution in [-0.2, 0) is 17.9 Å². The first kappa shape index (κ1) is 22.3. The van der Waals surface area contributed by atoms with Crippen LogP contribution in [0.1, 0.15) is 23.6 Å². The summed E-state index contributed by atoms with van der Waals surface area (Å²) in [4.78, 5) is 30.3. The molecule has 1 amide bonds. The van der Waals surface area contributed by atoms with E-state index in [1.54, 1.807) is 4.57 Å². The van der Waals surface area contributed by atoms with Crippen molar-refractivity contribution in [1.29, 1.82) is 0 Å². The van der Waals surface area contributed by atoms with Gasteiger partial charge >= 0.3 is 0 Å². The maximum Gasteiger partial charge on any atom is 0.272 e. The summed E-state index contributed by atoms with van der Waals surface area (Å²) in [6.45, 7) is 6.99. The lowest BCUT2D eigenvalue weighted by molar-refractivity contribution is -0.118. The van der Waals surface area contributed by atoms with Crippen molar-refractivity contribution < 1.29 is 4.79 Å². The van der Waals surface area contributed by atoms with Gasteiger partial charge in [-0.05, 0) is 31.9 Å². The summed E-state index contributed by atoms with van der Waals surface area (Å²) in [5.74, 6) is 0.116. The Kier molecular flexibility index (Phi) is 6.77. The van der Waals surface area contributed by atoms with E-state index in [4.69, 9.17) is 4.98 Å². The fourth-order valence-electron chi connectivity index (χ4n) is 3.39. The monoisotopic (exact) mass is 463 g/mol. The topological polar surface area (TPSA) is 64.0 Å². The molecule has 4 aromatic rings. The number of rotatable bonds is 7. The number of carbonyl (C=O) groups excluding carboxylic acids is 1. The molecule has 0 aliphatic carbocycles. The molecule has 0 saturated heterocycles. The lowest BCUT2D eigenvalue weighted by atomic mass is 10.1. The Labute approximate surface area is 195 Å². The summed E-state index contributed by atoms with van der Waals surface area (Å²) < 4.78 is 2.30. The largest absolute Gasteiger partial charge is 0.351 e. The molecule has 2 aromatic carbocycles. The van der Waals surface area contributed by atoms with E-state index >= 15 is 0 Å². The number of aryl methyl sites for hydroxylation is 2. The van der Waals surface area contributed by atoms with Crippen LogP contribution in [0.3, 0.4) is 0 Å². The lowest BCUT2D eigenvalue weighted by Crippen LogP contribution is -2.26. The quantitative estimate of drug-likeness (QED) is 0.303. The molecule has 7 heteroatoms. The van der Waals surface area contributed by atoms with E-state index < -0.39 is 0 Å². The highest BCUT2D eigenvalue weighted by atomic mass is 32.2. The summed E-state index contributed by atoms with van der Waals surface area (Å²) in [7, 11) is 0. The van der Waals surface area contributed by atoms with E-state index in [1.807, 2.05) is 50.4 Å². The smallest absolute Gasteiger partial charge is 0.272 e. The normalized spacial score (nSPS) is 11.1. The third kappa shape index (κ3) is 4.79. The Morgan fingerprint density at radius 1 is 1.06 bits per heavy atom. The van der Waals surface area contributed by atoms with Crippen molar-refractivity contribution in [2.45, 2.75) is 39.0 Å². The summed E-state index contributed by atoms with van der Waals surface area (Å²) in [6, 6.07) is 16.3. The van der Waals surface area contributed by atoms with Crippen molar-refractivity contribution in [1.82, 2.24) is 14.9 Å². The summed E-state index contributed by atoms with van der Waals surface area (Å²) in [5.41, 5.74) is 6.07. The Hall–Kier alpha value is -2.90. The minimum Gasteiger partial charge on any atom is -0.351 e. The maximum absolute atomic E-state index is 13.1. The third-order valence-electron chi connectivity index (χ3n) is 5.26. The zero-order valence-corrected chi connectivity index (χ0v) is 20.0. The SMILES string of the molecule is CCn1c(SCC(=O)NCc2ccc(C)cc2)nc2c(-c3ccc(C)cc3)csc2c1=O. The second kappa shape index (κ2) is 9.71. The molecule has 164 valence electrons. The molecule has 32 heavy (non-hydrogen) atoms. The predicted molar refractivity (Wildman–Crippen MR) is 133 cm³/mol. The molecular formula is C25H25N3O2S2. The van der Waals surface area contributed by atoms with Gasteiger partial charge in [0.2, 0.25) is 5.91 Å². The van der Waals surface area contributed by atoms with Gasteiger partial charge in [0, 0.05) is 24.0 Å². The average molecular weight is 464 g/mol. The summed E-state index contributed by atoms with van der Waals surface area (Å²) in [6.07, 6.45) is 0. The molecule has 0 bridgehead atoms. The Bertz CT molecular complexity index is 1310. The van der Waals surface area contributed by atoms with Crippen molar-refractivity contribution >= 4 is 39.2 Å². The van der Waals surface area contributed by atoms with E-state index in [1.165, 1.54) is 34.2 Å². The number of amides is 1. The fraction of sp³-hybridized carbons (Fsp3) is 0.240. The van der Waals surface area contributed by atoms with Gasteiger partial charge in [-0.25, -0.2) is 4.98 Å². The van der Waals surface area contributed by atoms with Crippen LogP contribution in [0.5, 0.6) is 0 Å². The second-order valence-corrected chi connectivity index (χ2v) is 9.51. The molecular weight excluding hydrogens is 438 g/mol. The number of thioether (sulfide) groups is 1. The van der Waals surface area contributed by atoms with Crippen LogP contribution in [0, 0.1) is 13.8 Å². The molecule has 0 aliphatic heterocycles. The second-order valence-electron chi connectivity index (χ2n) is 7.69. The van der Waals surface area contributed by atoms with Gasteiger partial charge in [0.05, 0.1) is 11.3 Å². The maximum atomic E-state index is 13.1. The van der Waals surface area contributed by atoms with E-state index in [0.29, 0.717) is 28.5 Å². The Balaban J connectivity index is 1.55. The number of fused-ring (bicyclic) bond motifs is 1. The zero-order chi connectivity index (χ0) is 22.7. The molecule has 0 radical (unpaired) electrons. The van der Waals surface area contributed by atoms with Gasteiger partial charge in [-0.1, -0.05) is 71.4 Å². The molecule has 1 N–H and O–H groups in total. The highest BCUT2D eigenvalue weighted by Crippen LogP contribution is 2.32. The average Bonchev–Trinajstić information content (AvgIpc) is 3.22. The molecule has 0 spiro atoms. The highest BCUT2D eigenvalue weighted by Gasteiger charge is 2.17. The van der Waals surface area contributed by atoms with E-state index in [9.17, 15) is 9.59 Å². The van der Waals surface area contributed by atoms with Gasteiger partial charge in [-0.15, -0.1) is 11.3 Å². The molecule has 0 atom stereocenters. The highest BCUT2D eigenvalue weighted by molar-refractivity contribution is 7.99. The number of carbonyl (C=O) groups is 1. The number of nitrogens with zero attached hydrogens (tertiary/aromatic N) is 2. The number of nitrogens with one attached hydrogen (secondary N) is 1. The van der Waals surface area contributed by atoms with Crippen molar-refractivity contribution in [3.05, 3.63) is 81.0 Å². The van der Waals surface area contributed by atoms with Crippen LogP contribution in [0.25, 0.3) is 21.3 Å². The van der Waals surface area contributed by atoms with E-state index in [2.05, 4.69) is 29.6 Å². The predicted octanol–water partition coefficient (Wildman–Crippen LogP) is 5.17. The molecule has 5 nitrogen and oxygen atoms in total. The number of aromatic nitrogens is 2. The van der Waals surface area contributed by atoms with E-state index in [-0.39, 0.29) is 17.2 Å². The summed E-state index contributed by atoms with van der Waals surface area (Å²) >= 11 is 2.73. The number of hydrogen-bond donors (Lipinski definition) is 1. The number of benzene rings is 2. The first-order chi connectivity index (χ1) is 15.5. The molecule has 2 aromatic heterocycles. The van der Waals surface area contributed by atoms with Crippen LogP contribution in [0.4, 0.5) is 0 Å². The van der Waals surface area contributed by atoms with E-state index in [0.717, 1.165) is 16.7 Å². The van der Waals surface area contributed by atoms with Gasteiger partial charge in [0.25, 0.3) is 5.56 Å².